The van der Waals surface area contributed by atoms with Crippen molar-refractivity contribution in [3.05, 3.63) is 65.2 Å². The molecule has 2 heterocycles. The summed E-state index contributed by atoms with van der Waals surface area (Å²) in [5.74, 6) is 0.516. The maximum absolute atomic E-state index is 12.5. The van der Waals surface area contributed by atoms with Crippen molar-refractivity contribution in [1.29, 1.82) is 0 Å². The minimum Gasteiger partial charge on any atom is -0.489 e. The molecule has 2 atom stereocenters. The number of β-amino-alcohol motifs (C(OH)–C–C–N with tert-alkyl or cyclic N) is 1. The van der Waals surface area contributed by atoms with Gasteiger partial charge in [0.2, 0.25) is 0 Å². The van der Waals surface area contributed by atoms with E-state index >= 15 is 0 Å². The molecule has 6 heteroatoms. The second-order valence-electron chi connectivity index (χ2n) is 7.88. The van der Waals surface area contributed by atoms with E-state index in [1.165, 1.54) is 11.1 Å². The Bertz CT molecular complexity index is 836. The van der Waals surface area contributed by atoms with Gasteiger partial charge in [-0.05, 0) is 48.7 Å². The summed E-state index contributed by atoms with van der Waals surface area (Å²) in [4.78, 5) is 14.7. The summed E-state index contributed by atoms with van der Waals surface area (Å²) in [7, 11) is 0. The van der Waals surface area contributed by atoms with Gasteiger partial charge >= 0.3 is 0 Å². The van der Waals surface area contributed by atoms with E-state index in [4.69, 9.17) is 4.74 Å². The Morgan fingerprint density at radius 3 is 2.93 bits per heavy atom. The zero-order valence-corrected chi connectivity index (χ0v) is 16.6. The van der Waals surface area contributed by atoms with Gasteiger partial charge in [-0.2, -0.15) is 0 Å². The fourth-order valence-corrected chi connectivity index (χ4v) is 4.02. The molecule has 3 N–H and O–H groups in total. The van der Waals surface area contributed by atoms with Gasteiger partial charge in [-0.3, -0.25) is 9.69 Å². The lowest BCUT2D eigenvalue weighted by Gasteiger charge is -2.30. The van der Waals surface area contributed by atoms with E-state index < -0.39 is 6.10 Å². The fraction of sp³-hybridized carbons (Fsp3) is 0.435. The topological polar surface area (TPSA) is 73.8 Å². The maximum atomic E-state index is 12.5. The maximum Gasteiger partial charge on any atom is 0.251 e. The van der Waals surface area contributed by atoms with E-state index in [1.54, 1.807) is 12.1 Å². The van der Waals surface area contributed by atoms with Crippen LogP contribution >= 0.6 is 0 Å². The lowest BCUT2D eigenvalue weighted by molar-refractivity contribution is 0.0841. The monoisotopic (exact) mass is 395 g/mol. The summed E-state index contributed by atoms with van der Waals surface area (Å²) in [5, 5.41) is 16.5. The molecule has 1 amide bonds. The van der Waals surface area contributed by atoms with Crippen LogP contribution in [0.5, 0.6) is 5.75 Å². The number of carbonyl (C=O) groups is 1. The van der Waals surface area contributed by atoms with Crippen LogP contribution in [0.1, 0.15) is 27.9 Å². The van der Waals surface area contributed by atoms with Crippen LogP contribution in [0.3, 0.4) is 0 Å². The van der Waals surface area contributed by atoms with Crippen molar-refractivity contribution in [2.24, 2.45) is 0 Å². The number of rotatable bonds is 7. The molecule has 0 bridgehead atoms. The summed E-state index contributed by atoms with van der Waals surface area (Å²) in [6.07, 6.45) is 1.53. The van der Waals surface area contributed by atoms with Crippen molar-refractivity contribution < 1.29 is 14.6 Å². The number of aliphatic hydroxyl groups is 1. The number of nitrogens with one attached hydrogen (secondary N) is 2. The van der Waals surface area contributed by atoms with Gasteiger partial charge in [0.1, 0.15) is 11.9 Å². The van der Waals surface area contributed by atoms with Gasteiger partial charge in [0.25, 0.3) is 5.91 Å². The van der Waals surface area contributed by atoms with Crippen molar-refractivity contribution >= 4 is 5.91 Å². The van der Waals surface area contributed by atoms with Gasteiger partial charge in [-0.25, -0.2) is 0 Å². The molecule has 4 rings (SSSR count). The van der Waals surface area contributed by atoms with Gasteiger partial charge in [0.05, 0.1) is 6.10 Å². The molecule has 0 aliphatic carbocycles. The Labute approximate surface area is 171 Å². The van der Waals surface area contributed by atoms with Crippen molar-refractivity contribution in [2.75, 3.05) is 32.7 Å². The molecule has 0 spiro atoms. The third-order valence-electron chi connectivity index (χ3n) is 5.59. The summed E-state index contributed by atoms with van der Waals surface area (Å²) in [5.41, 5.74) is 3.26. The molecule has 2 aliphatic rings. The molecular formula is C23H29N3O3. The largest absolute Gasteiger partial charge is 0.489 e. The smallest absolute Gasteiger partial charge is 0.251 e. The third-order valence-corrected chi connectivity index (χ3v) is 5.59. The Balaban J connectivity index is 1.25. The highest BCUT2D eigenvalue weighted by atomic mass is 16.5. The molecule has 2 unspecified atom stereocenters. The summed E-state index contributed by atoms with van der Waals surface area (Å²) >= 11 is 0. The lowest BCUT2D eigenvalue weighted by atomic mass is 10.00. The van der Waals surface area contributed by atoms with E-state index in [0.717, 1.165) is 39.0 Å². The number of nitrogens with zero attached hydrogens (tertiary/aromatic N) is 1. The minimum absolute atomic E-state index is 0.157. The molecular weight excluding hydrogens is 366 g/mol. The number of aliphatic hydroxyl groups excluding tert-OH is 1. The number of carbonyl (C=O) groups excluding carboxylic acids is 1. The number of fused-ring (bicyclic) bond motifs is 1. The van der Waals surface area contributed by atoms with Crippen molar-refractivity contribution in [3.8, 4) is 5.75 Å². The molecule has 6 nitrogen and oxygen atoms in total. The number of amides is 1. The molecule has 1 fully saturated rings. The van der Waals surface area contributed by atoms with Gasteiger partial charge in [-0.15, -0.1) is 0 Å². The highest BCUT2D eigenvalue weighted by Crippen LogP contribution is 2.19. The van der Waals surface area contributed by atoms with Crippen molar-refractivity contribution in [2.45, 2.75) is 31.6 Å². The Morgan fingerprint density at radius 2 is 2.10 bits per heavy atom. The molecule has 2 aliphatic heterocycles. The van der Waals surface area contributed by atoms with Crippen LogP contribution in [-0.4, -0.2) is 60.8 Å². The SMILES string of the molecule is O=C(NCC(O)CN1CCc2ccccc2C1)c1cccc(OC2CCNC2)c1. The predicted octanol–water partition coefficient (Wildman–Crippen LogP) is 1.58. The molecule has 154 valence electrons. The van der Waals surface area contributed by atoms with Crippen molar-refractivity contribution in [3.63, 3.8) is 0 Å². The van der Waals surface area contributed by atoms with Crippen molar-refractivity contribution in [1.82, 2.24) is 15.5 Å². The summed E-state index contributed by atoms with van der Waals surface area (Å²) < 4.78 is 5.92. The van der Waals surface area contributed by atoms with E-state index in [1.807, 2.05) is 12.1 Å². The average Bonchev–Trinajstić information content (AvgIpc) is 3.25. The van der Waals surface area contributed by atoms with Crippen LogP contribution in [0, 0.1) is 0 Å². The normalized spacial score (nSPS) is 20.1. The quantitative estimate of drug-likeness (QED) is 0.664. The third kappa shape index (κ3) is 5.35. The number of benzene rings is 2. The van der Waals surface area contributed by atoms with Gasteiger partial charge < -0.3 is 20.5 Å². The average molecular weight is 396 g/mol. The Morgan fingerprint density at radius 1 is 1.24 bits per heavy atom. The van der Waals surface area contributed by atoms with Gasteiger partial charge in [0, 0.05) is 38.3 Å². The van der Waals surface area contributed by atoms with Gasteiger partial charge in [0.15, 0.2) is 0 Å². The van der Waals surface area contributed by atoms with Crippen LogP contribution in [0.15, 0.2) is 48.5 Å². The fourth-order valence-electron chi connectivity index (χ4n) is 4.02. The zero-order valence-electron chi connectivity index (χ0n) is 16.6. The molecule has 0 saturated carbocycles. The van der Waals surface area contributed by atoms with Crippen LogP contribution in [0.25, 0.3) is 0 Å². The van der Waals surface area contributed by atoms with E-state index in [2.05, 4.69) is 39.8 Å². The minimum atomic E-state index is -0.604. The predicted molar refractivity (Wildman–Crippen MR) is 112 cm³/mol. The first-order valence-electron chi connectivity index (χ1n) is 10.4. The van der Waals surface area contributed by atoms with Gasteiger partial charge in [-0.1, -0.05) is 30.3 Å². The van der Waals surface area contributed by atoms with E-state index in [9.17, 15) is 9.90 Å². The second kappa shape index (κ2) is 9.39. The molecule has 29 heavy (non-hydrogen) atoms. The Kier molecular flexibility index (Phi) is 6.44. The molecule has 2 aromatic carbocycles. The first-order chi connectivity index (χ1) is 14.2. The second-order valence-corrected chi connectivity index (χ2v) is 7.88. The first kappa shape index (κ1) is 19.9. The first-order valence-corrected chi connectivity index (χ1v) is 10.4. The molecule has 0 radical (unpaired) electrons. The summed E-state index contributed by atoms with van der Waals surface area (Å²) in [6.45, 7) is 4.35. The molecule has 2 aromatic rings. The van der Waals surface area contributed by atoms with E-state index in [-0.39, 0.29) is 18.6 Å². The van der Waals surface area contributed by atoms with Crippen LogP contribution in [0.2, 0.25) is 0 Å². The van der Waals surface area contributed by atoms with Crippen LogP contribution in [0.4, 0.5) is 0 Å². The van der Waals surface area contributed by atoms with E-state index in [0.29, 0.717) is 17.9 Å². The lowest BCUT2D eigenvalue weighted by Crippen LogP contribution is -2.42. The number of hydrogen-bond acceptors (Lipinski definition) is 5. The highest BCUT2D eigenvalue weighted by Gasteiger charge is 2.19. The summed E-state index contributed by atoms with van der Waals surface area (Å²) in [6, 6.07) is 15.7. The van der Waals surface area contributed by atoms with Crippen LogP contribution < -0.4 is 15.4 Å². The number of hydrogen-bond donors (Lipinski definition) is 3. The Hall–Kier alpha value is -2.41. The number of ether oxygens (including phenoxy) is 1. The zero-order chi connectivity index (χ0) is 20.1. The molecule has 1 saturated heterocycles. The van der Waals surface area contributed by atoms with Crippen LogP contribution in [-0.2, 0) is 13.0 Å². The molecule has 0 aromatic heterocycles. The highest BCUT2D eigenvalue weighted by molar-refractivity contribution is 5.94. The standard InChI is InChI=1S/C23H29N3O3/c27-20(16-26-11-9-17-4-1-2-5-19(17)15-26)13-25-23(28)18-6-3-7-21(12-18)29-22-8-10-24-14-22/h1-7,12,20,22,24,27H,8-11,13-16H2,(H,25,28).